The van der Waals surface area contributed by atoms with Gasteiger partial charge >= 0.3 is 0 Å². The maximum Gasteiger partial charge on any atom is 0.257 e. The molecule has 25 heavy (non-hydrogen) atoms. The first-order valence-electron chi connectivity index (χ1n) is 9.05. The number of nitrogens with zero attached hydrogens (tertiary/aromatic N) is 3. The fourth-order valence-electron chi connectivity index (χ4n) is 3.37. The molecule has 2 aromatic rings. The second kappa shape index (κ2) is 7.64. The van der Waals surface area contributed by atoms with Crippen molar-refractivity contribution in [3.63, 3.8) is 0 Å². The van der Waals surface area contributed by atoms with E-state index in [2.05, 4.69) is 54.3 Å². The lowest BCUT2D eigenvalue weighted by atomic mass is 10.00. The van der Waals surface area contributed by atoms with Crippen molar-refractivity contribution in [3.8, 4) is 0 Å². The van der Waals surface area contributed by atoms with Crippen LogP contribution in [0.4, 0.5) is 11.6 Å². The molecule has 1 aliphatic rings. The van der Waals surface area contributed by atoms with Crippen LogP contribution >= 0.6 is 0 Å². The Hall–Kier alpha value is -2.43. The van der Waals surface area contributed by atoms with E-state index in [1.54, 1.807) is 12.4 Å². The Morgan fingerprint density at radius 1 is 1.32 bits per heavy atom. The number of carbonyl (C=O) groups excluding carboxylic acids is 1. The molecular weight excluding hydrogens is 312 g/mol. The van der Waals surface area contributed by atoms with Crippen molar-refractivity contribution in [2.45, 2.75) is 40.0 Å². The molecule has 1 unspecified atom stereocenters. The van der Waals surface area contributed by atoms with Crippen LogP contribution in [0.15, 0.2) is 30.6 Å². The zero-order valence-corrected chi connectivity index (χ0v) is 15.2. The highest BCUT2D eigenvalue weighted by molar-refractivity contribution is 5.93. The van der Waals surface area contributed by atoms with Gasteiger partial charge in [0.1, 0.15) is 0 Å². The minimum absolute atomic E-state index is 0.0308. The number of hydrogen-bond donors (Lipinski definition) is 1. The number of aryl methyl sites for hydroxylation is 2. The molecule has 132 valence electrons. The van der Waals surface area contributed by atoms with Crippen LogP contribution in [0.5, 0.6) is 0 Å². The van der Waals surface area contributed by atoms with Crippen molar-refractivity contribution < 1.29 is 4.79 Å². The predicted molar refractivity (Wildman–Crippen MR) is 100 cm³/mol. The molecule has 2 heterocycles. The summed E-state index contributed by atoms with van der Waals surface area (Å²) in [6.45, 7) is 8.03. The van der Waals surface area contributed by atoms with Gasteiger partial charge in [-0.05, 0) is 43.2 Å². The van der Waals surface area contributed by atoms with Crippen LogP contribution < -0.4 is 5.32 Å². The third-order valence-corrected chi connectivity index (χ3v) is 4.82. The van der Waals surface area contributed by atoms with Crippen molar-refractivity contribution in [3.05, 3.63) is 47.3 Å². The second-order valence-electron chi connectivity index (χ2n) is 6.88. The summed E-state index contributed by atoms with van der Waals surface area (Å²) in [7, 11) is 0. The van der Waals surface area contributed by atoms with E-state index in [1.165, 1.54) is 12.0 Å². The number of piperidine rings is 1. The minimum Gasteiger partial charge on any atom is -0.338 e. The summed E-state index contributed by atoms with van der Waals surface area (Å²) >= 11 is 0. The lowest BCUT2D eigenvalue weighted by Crippen LogP contribution is -2.39. The molecule has 0 bridgehead atoms. The Morgan fingerprint density at radius 2 is 2.08 bits per heavy atom. The van der Waals surface area contributed by atoms with Crippen LogP contribution in [0.25, 0.3) is 0 Å². The molecule has 1 fully saturated rings. The molecule has 0 aliphatic carbocycles. The van der Waals surface area contributed by atoms with E-state index in [0.717, 1.165) is 37.2 Å². The van der Waals surface area contributed by atoms with Crippen LogP contribution in [0.2, 0.25) is 0 Å². The number of amides is 1. The summed E-state index contributed by atoms with van der Waals surface area (Å²) in [5, 5.41) is 3.30. The van der Waals surface area contributed by atoms with Crippen LogP contribution in [-0.4, -0.2) is 33.9 Å². The molecule has 3 rings (SSSR count). The number of likely N-dealkylation sites (tertiary alicyclic amines) is 1. The van der Waals surface area contributed by atoms with Gasteiger partial charge in [-0.15, -0.1) is 0 Å². The number of anilines is 2. The molecule has 1 aliphatic heterocycles. The number of benzene rings is 1. The summed E-state index contributed by atoms with van der Waals surface area (Å²) in [5.74, 6) is 1.11. The third-order valence-electron chi connectivity index (χ3n) is 4.82. The normalized spacial score (nSPS) is 17.4. The summed E-state index contributed by atoms with van der Waals surface area (Å²) in [6.07, 6.45) is 6.45. The molecule has 1 N–H and O–H groups in total. The van der Waals surface area contributed by atoms with Gasteiger partial charge in [-0.1, -0.05) is 32.0 Å². The molecule has 1 amide bonds. The quantitative estimate of drug-likeness (QED) is 0.916. The first kappa shape index (κ1) is 17.4. The summed E-state index contributed by atoms with van der Waals surface area (Å²) in [6, 6.07) is 6.23. The van der Waals surface area contributed by atoms with E-state index >= 15 is 0 Å². The molecular formula is C20H26N4O. The van der Waals surface area contributed by atoms with Crippen molar-refractivity contribution >= 4 is 17.5 Å². The van der Waals surface area contributed by atoms with Gasteiger partial charge in [0, 0.05) is 31.2 Å². The standard InChI is InChI=1S/C20H26N4O/c1-4-16-9-5-8-15(3)18(16)23-20-21-11-17(12-22-20)19(25)24-10-6-7-14(2)13-24/h5,8-9,11-12,14H,4,6-7,10,13H2,1-3H3,(H,21,22,23). The summed E-state index contributed by atoms with van der Waals surface area (Å²) < 4.78 is 0. The molecule has 0 spiro atoms. The molecule has 0 saturated carbocycles. The van der Waals surface area contributed by atoms with Crippen LogP contribution in [0.3, 0.4) is 0 Å². The van der Waals surface area contributed by atoms with Crippen LogP contribution in [0.1, 0.15) is 48.2 Å². The monoisotopic (exact) mass is 338 g/mol. The van der Waals surface area contributed by atoms with Gasteiger partial charge in [0.2, 0.25) is 5.95 Å². The third kappa shape index (κ3) is 3.98. The van der Waals surface area contributed by atoms with E-state index < -0.39 is 0 Å². The lowest BCUT2D eigenvalue weighted by molar-refractivity contribution is 0.0682. The van der Waals surface area contributed by atoms with Crippen LogP contribution in [0, 0.1) is 12.8 Å². The lowest BCUT2D eigenvalue weighted by Gasteiger charge is -2.30. The minimum atomic E-state index is 0.0308. The Morgan fingerprint density at radius 3 is 2.76 bits per heavy atom. The van der Waals surface area contributed by atoms with Gasteiger partial charge in [-0.3, -0.25) is 4.79 Å². The van der Waals surface area contributed by atoms with Gasteiger partial charge in [-0.2, -0.15) is 0 Å². The largest absolute Gasteiger partial charge is 0.338 e. The van der Waals surface area contributed by atoms with Crippen LogP contribution in [-0.2, 0) is 6.42 Å². The number of aromatic nitrogens is 2. The maximum atomic E-state index is 12.6. The highest BCUT2D eigenvalue weighted by Crippen LogP contribution is 2.24. The first-order chi connectivity index (χ1) is 12.1. The zero-order valence-electron chi connectivity index (χ0n) is 15.2. The van der Waals surface area contributed by atoms with E-state index in [4.69, 9.17) is 0 Å². The SMILES string of the molecule is CCc1cccc(C)c1Nc1ncc(C(=O)N2CCCC(C)C2)cn1. The molecule has 1 aromatic carbocycles. The number of carbonyl (C=O) groups is 1. The van der Waals surface area contributed by atoms with Gasteiger partial charge in [-0.25, -0.2) is 9.97 Å². The summed E-state index contributed by atoms with van der Waals surface area (Å²) in [4.78, 5) is 23.2. The molecule has 1 saturated heterocycles. The van der Waals surface area contributed by atoms with E-state index in [9.17, 15) is 4.79 Å². The number of para-hydroxylation sites is 1. The van der Waals surface area contributed by atoms with Gasteiger partial charge in [0.05, 0.1) is 5.56 Å². The predicted octanol–water partition coefficient (Wildman–Crippen LogP) is 3.96. The summed E-state index contributed by atoms with van der Waals surface area (Å²) in [5.41, 5.74) is 3.99. The highest BCUT2D eigenvalue weighted by atomic mass is 16.2. The smallest absolute Gasteiger partial charge is 0.257 e. The molecule has 1 atom stereocenters. The molecule has 1 aromatic heterocycles. The van der Waals surface area contributed by atoms with E-state index in [1.807, 2.05) is 4.90 Å². The topological polar surface area (TPSA) is 58.1 Å². The Bertz CT molecular complexity index is 742. The van der Waals surface area contributed by atoms with Gasteiger partial charge in [0.15, 0.2) is 0 Å². The van der Waals surface area contributed by atoms with Crippen molar-refractivity contribution in [2.24, 2.45) is 5.92 Å². The van der Waals surface area contributed by atoms with Crippen molar-refractivity contribution in [1.82, 2.24) is 14.9 Å². The van der Waals surface area contributed by atoms with Crippen molar-refractivity contribution in [2.75, 3.05) is 18.4 Å². The number of hydrogen-bond acceptors (Lipinski definition) is 4. The highest BCUT2D eigenvalue weighted by Gasteiger charge is 2.22. The average molecular weight is 338 g/mol. The number of rotatable bonds is 4. The Balaban J connectivity index is 1.73. The van der Waals surface area contributed by atoms with Gasteiger partial charge in [0.25, 0.3) is 5.91 Å². The van der Waals surface area contributed by atoms with E-state index in [-0.39, 0.29) is 5.91 Å². The maximum absolute atomic E-state index is 12.6. The Kier molecular flexibility index (Phi) is 5.31. The Labute approximate surface area is 149 Å². The molecule has 0 radical (unpaired) electrons. The van der Waals surface area contributed by atoms with Gasteiger partial charge < -0.3 is 10.2 Å². The second-order valence-corrected chi connectivity index (χ2v) is 6.88. The van der Waals surface area contributed by atoms with E-state index in [0.29, 0.717) is 17.4 Å². The first-order valence-corrected chi connectivity index (χ1v) is 9.05. The molecule has 5 nitrogen and oxygen atoms in total. The molecule has 5 heteroatoms. The fraction of sp³-hybridized carbons (Fsp3) is 0.450. The fourth-order valence-corrected chi connectivity index (χ4v) is 3.37. The number of nitrogens with one attached hydrogen (secondary N) is 1. The zero-order chi connectivity index (χ0) is 17.8. The van der Waals surface area contributed by atoms with Crippen molar-refractivity contribution in [1.29, 1.82) is 0 Å². The average Bonchev–Trinajstić information content (AvgIpc) is 2.63.